The third kappa shape index (κ3) is 2.78. The molecule has 0 N–H and O–H groups in total. The van der Waals surface area contributed by atoms with Crippen molar-refractivity contribution in [3.05, 3.63) is 29.8 Å². The lowest BCUT2D eigenvalue weighted by molar-refractivity contribution is 0.0678. The van der Waals surface area contributed by atoms with E-state index in [1.807, 2.05) is 0 Å². The quantitative estimate of drug-likeness (QED) is 0.721. The summed E-state index contributed by atoms with van der Waals surface area (Å²) in [5, 5.41) is 0. The number of rotatable bonds is 5. The monoisotopic (exact) mass is 226 g/mol. The minimum atomic E-state index is -2.95. The lowest BCUT2D eigenvalue weighted by Gasteiger charge is -2.05. The van der Waals surface area contributed by atoms with Gasteiger partial charge in [0.2, 0.25) is 5.78 Å². The summed E-state index contributed by atoms with van der Waals surface area (Å²) in [6, 6.07) is 5.85. The second kappa shape index (κ2) is 4.60. The maximum Gasteiger partial charge on any atom is 0.300 e. The van der Waals surface area contributed by atoms with E-state index < -0.39 is 12.2 Å². The fourth-order valence-corrected chi connectivity index (χ4v) is 1.34. The molecule has 0 unspecified atom stereocenters. The average Bonchev–Trinajstić information content (AvgIpc) is 3.10. The molecule has 1 fully saturated rings. The van der Waals surface area contributed by atoms with Crippen LogP contribution in [0.3, 0.4) is 0 Å². The number of alkyl halides is 2. The molecule has 0 atom stereocenters. The van der Waals surface area contributed by atoms with Crippen molar-refractivity contribution in [2.24, 2.45) is 5.92 Å². The van der Waals surface area contributed by atoms with Gasteiger partial charge in [-0.1, -0.05) is 0 Å². The molecule has 4 heteroatoms. The Morgan fingerprint density at radius 1 is 1.31 bits per heavy atom. The van der Waals surface area contributed by atoms with E-state index in [1.165, 1.54) is 25.0 Å². The zero-order valence-corrected chi connectivity index (χ0v) is 8.66. The number of halogens is 2. The Hall–Kier alpha value is -1.45. The lowest BCUT2D eigenvalue weighted by atomic mass is 10.1. The highest BCUT2D eigenvalue weighted by Crippen LogP contribution is 2.29. The van der Waals surface area contributed by atoms with E-state index in [1.54, 1.807) is 12.1 Å². The molecule has 86 valence electrons. The first-order valence-electron chi connectivity index (χ1n) is 5.22. The number of hydrogen-bond acceptors (Lipinski definition) is 2. The maximum atomic E-state index is 12.1. The molecule has 1 aliphatic rings. The van der Waals surface area contributed by atoms with Crippen LogP contribution in [0.4, 0.5) is 8.78 Å². The van der Waals surface area contributed by atoms with Crippen molar-refractivity contribution in [3.63, 3.8) is 0 Å². The van der Waals surface area contributed by atoms with Crippen molar-refractivity contribution in [3.8, 4) is 5.75 Å². The minimum Gasteiger partial charge on any atom is -0.493 e. The summed E-state index contributed by atoms with van der Waals surface area (Å²) in [5.41, 5.74) is 0.0220. The van der Waals surface area contributed by atoms with Crippen LogP contribution in [0.2, 0.25) is 0 Å². The topological polar surface area (TPSA) is 26.3 Å². The molecule has 0 saturated heterocycles. The van der Waals surface area contributed by atoms with Gasteiger partial charge in [-0.2, -0.15) is 0 Å². The Kier molecular flexibility index (Phi) is 3.17. The van der Waals surface area contributed by atoms with E-state index in [4.69, 9.17) is 4.74 Å². The Balaban J connectivity index is 1.95. The standard InChI is InChI=1S/C12H12F2O2/c13-12(14)11(15)9-3-5-10(6-4-9)16-7-8-1-2-8/h3-6,8,12H,1-2,7H2. The summed E-state index contributed by atoms with van der Waals surface area (Å²) in [5.74, 6) is 0.119. The van der Waals surface area contributed by atoms with E-state index in [-0.39, 0.29) is 5.56 Å². The number of hydrogen-bond donors (Lipinski definition) is 0. The molecular formula is C12H12F2O2. The molecule has 0 aromatic heterocycles. The van der Waals surface area contributed by atoms with Gasteiger partial charge in [0, 0.05) is 5.56 Å². The number of benzene rings is 1. The summed E-state index contributed by atoms with van der Waals surface area (Å²) >= 11 is 0. The van der Waals surface area contributed by atoms with Gasteiger partial charge in [-0.15, -0.1) is 0 Å². The van der Waals surface area contributed by atoms with Crippen molar-refractivity contribution >= 4 is 5.78 Å². The van der Waals surface area contributed by atoms with E-state index in [2.05, 4.69) is 0 Å². The largest absolute Gasteiger partial charge is 0.493 e. The van der Waals surface area contributed by atoms with E-state index in [0.29, 0.717) is 18.3 Å². The van der Waals surface area contributed by atoms with Crippen molar-refractivity contribution in [2.45, 2.75) is 19.3 Å². The number of carbonyl (C=O) groups excluding carboxylic acids is 1. The van der Waals surface area contributed by atoms with E-state index in [9.17, 15) is 13.6 Å². The molecule has 1 aliphatic carbocycles. The Bertz CT molecular complexity index is 369. The van der Waals surface area contributed by atoms with E-state index in [0.717, 1.165) is 0 Å². The number of ketones is 1. The minimum absolute atomic E-state index is 0.0220. The van der Waals surface area contributed by atoms with Gasteiger partial charge in [-0.3, -0.25) is 4.79 Å². The molecule has 2 nitrogen and oxygen atoms in total. The molecule has 1 saturated carbocycles. The summed E-state index contributed by atoms with van der Waals surface area (Å²) < 4.78 is 29.6. The van der Waals surface area contributed by atoms with Gasteiger partial charge in [0.15, 0.2) is 0 Å². The molecule has 2 rings (SSSR count). The number of Topliss-reactive ketones (excluding diaryl/α,β-unsaturated/α-hetero) is 1. The van der Waals surface area contributed by atoms with Crippen LogP contribution < -0.4 is 4.74 Å². The Labute approximate surface area is 92.2 Å². The summed E-state index contributed by atoms with van der Waals surface area (Å²) in [4.78, 5) is 10.9. The summed E-state index contributed by atoms with van der Waals surface area (Å²) in [7, 11) is 0. The van der Waals surface area contributed by atoms with Gasteiger partial charge >= 0.3 is 6.43 Å². The van der Waals surface area contributed by atoms with Gasteiger partial charge in [-0.05, 0) is 43.0 Å². The van der Waals surface area contributed by atoms with Crippen molar-refractivity contribution in [1.29, 1.82) is 0 Å². The van der Waals surface area contributed by atoms with Crippen LogP contribution in [-0.2, 0) is 0 Å². The highest BCUT2D eigenvalue weighted by molar-refractivity contribution is 5.98. The first-order valence-corrected chi connectivity index (χ1v) is 5.22. The second-order valence-corrected chi connectivity index (χ2v) is 3.94. The van der Waals surface area contributed by atoms with Crippen LogP contribution in [0, 0.1) is 5.92 Å². The number of ether oxygens (including phenoxy) is 1. The predicted molar refractivity (Wildman–Crippen MR) is 55.0 cm³/mol. The first-order chi connectivity index (χ1) is 7.66. The maximum absolute atomic E-state index is 12.1. The third-order valence-electron chi connectivity index (χ3n) is 2.52. The van der Waals surface area contributed by atoms with Crippen molar-refractivity contribution in [2.75, 3.05) is 6.61 Å². The smallest absolute Gasteiger partial charge is 0.300 e. The van der Waals surface area contributed by atoms with Gasteiger partial charge in [0.05, 0.1) is 6.61 Å². The molecule has 16 heavy (non-hydrogen) atoms. The van der Waals surface area contributed by atoms with Crippen LogP contribution in [0.15, 0.2) is 24.3 Å². The zero-order valence-electron chi connectivity index (χ0n) is 8.66. The second-order valence-electron chi connectivity index (χ2n) is 3.94. The summed E-state index contributed by atoms with van der Waals surface area (Å²) in [6.45, 7) is 0.669. The highest BCUT2D eigenvalue weighted by Gasteiger charge is 2.22. The third-order valence-corrected chi connectivity index (χ3v) is 2.52. The highest BCUT2D eigenvalue weighted by atomic mass is 19.3. The molecule has 0 spiro atoms. The van der Waals surface area contributed by atoms with Crippen molar-refractivity contribution < 1.29 is 18.3 Å². The Morgan fingerprint density at radius 2 is 1.94 bits per heavy atom. The molecular weight excluding hydrogens is 214 g/mol. The van der Waals surface area contributed by atoms with Crippen LogP contribution in [0.1, 0.15) is 23.2 Å². The molecule has 1 aromatic rings. The van der Waals surface area contributed by atoms with Gasteiger partial charge in [0.1, 0.15) is 5.75 Å². The molecule has 0 radical (unpaired) electrons. The normalized spacial score (nSPS) is 15.2. The van der Waals surface area contributed by atoms with Crippen LogP contribution in [-0.4, -0.2) is 18.8 Å². The van der Waals surface area contributed by atoms with Gasteiger partial charge < -0.3 is 4.74 Å². The van der Waals surface area contributed by atoms with Crippen LogP contribution in [0.5, 0.6) is 5.75 Å². The van der Waals surface area contributed by atoms with Crippen molar-refractivity contribution in [1.82, 2.24) is 0 Å². The van der Waals surface area contributed by atoms with Gasteiger partial charge in [0.25, 0.3) is 0 Å². The molecule has 0 bridgehead atoms. The fraction of sp³-hybridized carbons (Fsp3) is 0.417. The molecule has 1 aromatic carbocycles. The average molecular weight is 226 g/mol. The SMILES string of the molecule is O=C(c1ccc(OCC2CC2)cc1)C(F)F. The predicted octanol–water partition coefficient (Wildman–Crippen LogP) is 2.92. The molecule has 0 aliphatic heterocycles. The fourth-order valence-electron chi connectivity index (χ4n) is 1.34. The lowest BCUT2D eigenvalue weighted by Crippen LogP contribution is -2.09. The molecule has 0 heterocycles. The van der Waals surface area contributed by atoms with Crippen LogP contribution in [0.25, 0.3) is 0 Å². The van der Waals surface area contributed by atoms with Crippen LogP contribution >= 0.6 is 0 Å². The zero-order chi connectivity index (χ0) is 11.5. The Morgan fingerprint density at radius 3 is 2.44 bits per heavy atom. The van der Waals surface area contributed by atoms with Gasteiger partial charge in [-0.25, -0.2) is 8.78 Å². The molecule has 0 amide bonds. The first kappa shape index (κ1) is 11.0. The number of carbonyl (C=O) groups is 1. The summed E-state index contributed by atoms with van der Waals surface area (Å²) in [6.07, 6.45) is -0.553. The van der Waals surface area contributed by atoms with E-state index >= 15 is 0 Å².